The molecule has 4 rings (SSSR count). The Hall–Kier alpha value is -2.04. The summed E-state index contributed by atoms with van der Waals surface area (Å²) < 4.78 is 11.4. The lowest BCUT2D eigenvalue weighted by atomic mass is 9.78. The number of fused-ring (bicyclic) bond motifs is 1. The van der Waals surface area contributed by atoms with E-state index in [9.17, 15) is 4.79 Å². The molecule has 0 spiro atoms. The number of methoxy groups -OCH3 is 1. The lowest BCUT2D eigenvalue weighted by Crippen LogP contribution is -2.39. The smallest absolute Gasteiger partial charge is 0.311 e. The molecular weight excluding hydrogens is 422 g/mol. The van der Waals surface area contributed by atoms with Crippen LogP contribution in [0.2, 0.25) is 5.02 Å². The number of benzene rings is 2. The highest BCUT2D eigenvalue weighted by atomic mass is 35.5. The zero-order valence-electron chi connectivity index (χ0n) is 19.5. The number of rotatable bonds is 9. The van der Waals surface area contributed by atoms with Crippen LogP contribution >= 0.6 is 11.6 Å². The molecule has 0 bridgehead atoms. The predicted octanol–water partition coefficient (Wildman–Crippen LogP) is 6.49. The maximum Gasteiger partial charge on any atom is 0.311 e. The van der Waals surface area contributed by atoms with Crippen molar-refractivity contribution in [2.75, 3.05) is 20.7 Å². The number of carbonyl (C=O) groups excluding carboxylic acids is 1. The molecular formula is C27H34ClNO3. The number of esters is 1. The average Bonchev–Trinajstić information content (AvgIpc) is 3.58. The average molecular weight is 456 g/mol. The SMILES string of the molecule is CCCCCCC(=O)Oc1cc2c(cc1OC)CCN(C)C2C1(c2ccccc2Cl)CC1. The fraction of sp³-hybridized carbons (Fsp3) is 0.519. The molecule has 1 aliphatic carbocycles. The highest BCUT2D eigenvalue weighted by Crippen LogP contribution is 2.61. The molecule has 2 aromatic rings. The van der Waals surface area contributed by atoms with Crippen molar-refractivity contribution in [3.8, 4) is 11.5 Å². The van der Waals surface area contributed by atoms with Crippen molar-refractivity contribution in [3.05, 3.63) is 58.1 Å². The second-order valence-electron chi connectivity index (χ2n) is 9.26. The summed E-state index contributed by atoms with van der Waals surface area (Å²) >= 11 is 6.65. The maximum absolute atomic E-state index is 12.5. The van der Waals surface area contributed by atoms with E-state index in [-0.39, 0.29) is 17.4 Å². The summed E-state index contributed by atoms with van der Waals surface area (Å²) in [6.45, 7) is 3.14. The number of hydrogen-bond donors (Lipinski definition) is 0. The Labute approximate surface area is 196 Å². The third kappa shape index (κ3) is 4.53. The van der Waals surface area contributed by atoms with Gasteiger partial charge in [-0.2, -0.15) is 0 Å². The third-order valence-corrected chi connectivity index (χ3v) is 7.40. The van der Waals surface area contributed by atoms with Gasteiger partial charge in [0.25, 0.3) is 0 Å². The molecule has 4 nitrogen and oxygen atoms in total. The van der Waals surface area contributed by atoms with Crippen molar-refractivity contribution >= 4 is 17.6 Å². The van der Waals surface area contributed by atoms with Gasteiger partial charge in [-0.1, -0.05) is 56.0 Å². The molecule has 5 heteroatoms. The lowest BCUT2D eigenvalue weighted by molar-refractivity contribution is -0.134. The monoisotopic (exact) mass is 455 g/mol. The van der Waals surface area contributed by atoms with E-state index in [1.54, 1.807) is 7.11 Å². The normalized spacial score (nSPS) is 19.3. The van der Waals surface area contributed by atoms with Crippen LogP contribution in [0.15, 0.2) is 36.4 Å². The molecule has 2 aromatic carbocycles. The first-order valence-corrected chi connectivity index (χ1v) is 12.2. The molecule has 1 atom stereocenters. The molecule has 32 heavy (non-hydrogen) atoms. The predicted molar refractivity (Wildman–Crippen MR) is 129 cm³/mol. The zero-order chi connectivity index (χ0) is 22.7. The van der Waals surface area contributed by atoms with Crippen LogP contribution < -0.4 is 9.47 Å². The Morgan fingerprint density at radius 1 is 1.16 bits per heavy atom. The van der Waals surface area contributed by atoms with Crippen LogP contribution in [0.3, 0.4) is 0 Å². The van der Waals surface area contributed by atoms with Crippen molar-refractivity contribution in [1.82, 2.24) is 4.90 Å². The lowest BCUT2D eigenvalue weighted by Gasteiger charge is -2.41. The van der Waals surface area contributed by atoms with E-state index < -0.39 is 0 Å². The quantitative estimate of drug-likeness (QED) is 0.246. The first-order chi connectivity index (χ1) is 15.5. The minimum atomic E-state index is -0.188. The van der Waals surface area contributed by atoms with Gasteiger partial charge in [0.15, 0.2) is 11.5 Å². The summed E-state index contributed by atoms with van der Waals surface area (Å²) in [7, 11) is 3.83. The van der Waals surface area contributed by atoms with Gasteiger partial charge in [-0.15, -0.1) is 0 Å². The third-order valence-electron chi connectivity index (χ3n) is 7.08. The fourth-order valence-electron chi connectivity index (χ4n) is 5.27. The molecule has 0 aromatic heterocycles. The Morgan fingerprint density at radius 2 is 1.94 bits per heavy atom. The number of ether oxygens (including phenoxy) is 2. The van der Waals surface area contributed by atoms with Gasteiger partial charge in [0.2, 0.25) is 0 Å². The van der Waals surface area contributed by atoms with Crippen molar-refractivity contribution < 1.29 is 14.3 Å². The molecule has 1 heterocycles. The van der Waals surface area contributed by atoms with Gasteiger partial charge >= 0.3 is 5.97 Å². The van der Waals surface area contributed by atoms with E-state index in [2.05, 4.69) is 43.1 Å². The summed E-state index contributed by atoms with van der Waals surface area (Å²) in [5.74, 6) is 0.978. The Bertz CT molecular complexity index is 969. The Kier molecular flexibility index (Phi) is 7.11. The fourth-order valence-corrected chi connectivity index (χ4v) is 5.59. The summed E-state index contributed by atoms with van der Waals surface area (Å²) in [4.78, 5) is 15.0. The highest BCUT2D eigenvalue weighted by Gasteiger charge is 2.54. The van der Waals surface area contributed by atoms with Gasteiger partial charge in [0, 0.05) is 29.4 Å². The van der Waals surface area contributed by atoms with E-state index in [1.165, 1.54) is 16.7 Å². The van der Waals surface area contributed by atoms with Crippen LogP contribution in [-0.4, -0.2) is 31.6 Å². The van der Waals surface area contributed by atoms with Crippen LogP contribution in [0.4, 0.5) is 0 Å². The first-order valence-electron chi connectivity index (χ1n) is 11.9. The molecule has 0 N–H and O–H groups in total. The van der Waals surface area contributed by atoms with Crippen molar-refractivity contribution in [1.29, 1.82) is 0 Å². The van der Waals surface area contributed by atoms with Gasteiger partial charge in [-0.3, -0.25) is 9.69 Å². The van der Waals surface area contributed by atoms with Crippen LogP contribution in [0, 0.1) is 0 Å². The number of unbranched alkanes of at least 4 members (excludes halogenated alkanes) is 3. The summed E-state index contributed by atoms with van der Waals surface area (Å²) in [5, 5.41) is 0.831. The number of hydrogen-bond acceptors (Lipinski definition) is 4. The summed E-state index contributed by atoms with van der Waals surface area (Å²) in [6.07, 6.45) is 7.80. The molecule has 1 fully saturated rings. The molecule has 2 aliphatic rings. The minimum Gasteiger partial charge on any atom is -0.493 e. The minimum absolute atomic E-state index is 0.00170. The number of likely N-dealkylation sites (N-methyl/N-ethyl adjacent to an activating group) is 1. The molecule has 1 unspecified atom stereocenters. The van der Waals surface area contributed by atoms with Crippen LogP contribution in [0.1, 0.15) is 74.6 Å². The number of nitrogens with zero attached hydrogens (tertiary/aromatic N) is 1. The molecule has 0 radical (unpaired) electrons. The maximum atomic E-state index is 12.5. The molecule has 0 amide bonds. The van der Waals surface area contributed by atoms with Crippen LogP contribution in [0.25, 0.3) is 0 Å². The second kappa shape index (κ2) is 9.84. The van der Waals surface area contributed by atoms with Crippen LogP contribution in [0.5, 0.6) is 11.5 Å². The Balaban J connectivity index is 1.65. The van der Waals surface area contributed by atoms with Gasteiger partial charge in [0.05, 0.1) is 7.11 Å². The van der Waals surface area contributed by atoms with Crippen molar-refractivity contribution in [2.24, 2.45) is 0 Å². The number of halogens is 1. The molecule has 1 saturated carbocycles. The highest BCUT2D eigenvalue weighted by molar-refractivity contribution is 6.31. The molecule has 0 saturated heterocycles. The summed E-state index contributed by atoms with van der Waals surface area (Å²) in [6, 6.07) is 12.5. The number of carbonyl (C=O) groups is 1. The van der Waals surface area contributed by atoms with Crippen molar-refractivity contribution in [3.63, 3.8) is 0 Å². The summed E-state index contributed by atoms with van der Waals surface area (Å²) in [5.41, 5.74) is 3.71. The van der Waals surface area contributed by atoms with E-state index in [4.69, 9.17) is 21.1 Å². The largest absolute Gasteiger partial charge is 0.493 e. The first kappa shape index (κ1) is 23.1. The van der Waals surface area contributed by atoms with Gasteiger partial charge in [-0.25, -0.2) is 0 Å². The second-order valence-corrected chi connectivity index (χ2v) is 9.66. The standard InChI is InChI=1S/C27H34ClNO3/c1-4-5-6-7-12-25(30)32-24-18-20-19(17-23(24)31-3)13-16-29(2)26(20)27(14-15-27)21-10-8-9-11-22(21)28/h8-11,17-18,26H,4-7,12-16H2,1-3H3. The molecule has 172 valence electrons. The van der Waals surface area contributed by atoms with E-state index in [0.717, 1.165) is 56.5 Å². The van der Waals surface area contributed by atoms with E-state index in [1.807, 2.05) is 12.1 Å². The van der Waals surface area contributed by atoms with Crippen LogP contribution in [-0.2, 0) is 16.6 Å². The van der Waals surface area contributed by atoms with Gasteiger partial charge < -0.3 is 9.47 Å². The van der Waals surface area contributed by atoms with Crippen molar-refractivity contribution in [2.45, 2.75) is 69.7 Å². The Morgan fingerprint density at radius 3 is 2.62 bits per heavy atom. The van der Waals surface area contributed by atoms with E-state index >= 15 is 0 Å². The van der Waals surface area contributed by atoms with Gasteiger partial charge in [0.1, 0.15) is 0 Å². The zero-order valence-corrected chi connectivity index (χ0v) is 20.2. The van der Waals surface area contributed by atoms with Gasteiger partial charge in [-0.05, 0) is 67.6 Å². The topological polar surface area (TPSA) is 38.8 Å². The van der Waals surface area contributed by atoms with E-state index in [0.29, 0.717) is 17.9 Å². The molecule has 1 aliphatic heterocycles.